The van der Waals surface area contributed by atoms with Crippen molar-refractivity contribution in [1.29, 1.82) is 0 Å². The number of furan rings is 2. The number of unbranched alkanes of at least 4 members (excludes halogenated alkanes) is 3. The van der Waals surface area contributed by atoms with Gasteiger partial charge in [-0.1, -0.05) is 18.9 Å². The second-order valence-corrected chi connectivity index (χ2v) is 17.8. The van der Waals surface area contributed by atoms with Gasteiger partial charge in [-0.25, -0.2) is 0 Å². The number of pyridine rings is 2. The van der Waals surface area contributed by atoms with Crippen LogP contribution in [0.15, 0.2) is 82.0 Å². The van der Waals surface area contributed by atoms with Crippen molar-refractivity contribution in [2.24, 2.45) is 5.92 Å². The number of esters is 4. The number of hydrogen-bond acceptors (Lipinski definition) is 19. The summed E-state index contributed by atoms with van der Waals surface area (Å²) in [5.41, 5.74) is 3.91. The van der Waals surface area contributed by atoms with Crippen LogP contribution in [0.4, 0.5) is 0 Å². The lowest BCUT2D eigenvalue weighted by atomic mass is 9.96. The molecule has 1 saturated heterocycles. The molecule has 0 bridgehead atoms. The Morgan fingerprint density at radius 1 is 0.662 bits per heavy atom. The SMILES string of the molecule is COC(=O)CN(CC(=O)OC)Cc1cc(-c2ccco2)cc(CN(CCCCCCN2C(=O)C=CC(CC3COC(C)(C)O3)C2=O)Cc2cc(-c3ccco3)cc(CN(CC(=O)OC)CC(=O)OC)n2)n1. The van der Waals surface area contributed by atoms with E-state index < -0.39 is 35.6 Å². The Bertz CT molecular complexity index is 2290. The molecule has 6 rings (SSSR count). The zero-order valence-electron chi connectivity index (χ0n) is 41.3. The summed E-state index contributed by atoms with van der Waals surface area (Å²) in [6.07, 6.45) is 9.32. The lowest BCUT2D eigenvalue weighted by Crippen LogP contribution is -2.44. The van der Waals surface area contributed by atoms with Crippen molar-refractivity contribution in [2.75, 3.05) is 74.3 Å². The highest BCUT2D eigenvalue weighted by Crippen LogP contribution is 2.30. The fourth-order valence-electron chi connectivity index (χ4n) is 8.45. The fourth-order valence-corrected chi connectivity index (χ4v) is 8.45. The molecule has 0 spiro atoms. The monoisotopic (exact) mass is 984 g/mol. The van der Waals surface area contributed by atoms with Crippen molar-refractivity contribution < 1.29 is 66.0 Å². The molecule has 2 amide bonds. The number of ether oxygens (including phenoxy) is 6. The van der Waals surface area contributed by atoms with E-state index in [1.807, 2.05) is 50.2 Å². The molecule has 2 atom stereocenters. The molecule has 20 nitrogen and oxygen atoms in total. The average molecular weight is 985 g/mol. The molecule has 0 aliphatic carbocycles. The minimum atomic E-state index is -0.715. The lowest BCUT2D eigenvalue weighted by Gasteiger charge is -2.28. The standard InChI is InChI=1S/C51H64N6O14/c1-51(2)70-34-42(71-51)25-35-15-16-45(58)57(50(35)63)18-10-8-7-9-17-54(26-38-21-36(43-13-11-19-68-43)23-40(52-38)28-55(30-46(59)64-3)31-47(60)65-4)27-39-22-37(44-14-12-20-69-44)24-41(53-39)29-56(32-48(61)66-5)33-49(62)67-6/h11-16,19-24,35,42H,7-10,17-18,25-34H2,1-6H3. The van der Waals surface area contributed by atoms with E-state index in [0.717, 1.165) is 30.4 Å². The normalized spacial score (nSPS) is 16.5. The molecule has 2 aliphatic heterocycles. The number of hydrogen-bond donors (Lipinski definition) is 0. The summed E-state index contributed by atoms with van der Waals surface area (Å²) in [6.45, 7) is 5.05. The van der Waals surface area contributed by atoms with Crippen LogP contribution in [-0.4, -0.2) is 151 Å². The molecular weight excluding hydrogens is 921 g/mol. The van der Waals surface area contributed by atoms with Crippen LogP contribution in [0.3, 0.4) is 0 Å². The highest BCUT2D eigenvalue weighted by Gasteiger charge is 2.38. The first-order valence-electron chi connectivity index (χ1n) is 23.5. The van der Waals surface area contributed by atoms with Crippen LogP contribution in [0.25, 0.3) is 22.6 Å². The van der Waals surface area contributed by atoms with Gasteiger partial charge in [-0.2, -0.15) is 0 Å². The predicted molar refractivity (Wildman–Crippen MR) is 254 cm³/mol. The number of methoxy groups -OCH3 is 4. The molecule has 6 heterocycles. The second kappa shape index (κ2) is 26.0. The van der Waals surface area contributed by atoms with Gasteiger partial charge in [-0.3, -0.25) is 58.3 Å². The highest BCUT2D eigenvalue weighted by molar-refractivity contribution is 6.05. The summed E-state index contributed by atoms with van der Waals surface area (Å²) in [5, 5.41) is 0. The number of aromatic nitrogens is 2. The zero-order valence-corrected chi connectivity index (χ0v) is 41.3. The zero-order chi connectivity index (χ0) is 50.9. The summed E-state index contributed by atoms with van der Waals surface area (Å²) < 4.78 is 42.9. The van der Waals surface area contributed by atoms with Gasteiger partial charge >= 0.3 is 23.9 Å². The molecule has 71 heavy (non-hydrogen) atoms. The first kappa shape index (κ1) is 53.8. The minimum absolute atomic E-state index is 0.106. The molecule has 4 aromatic heterocycles. The van der Waals surface area contributed by atoms with Gasteiger partial charge in [0.05, 0.1) is 109 Å². The van der Waals surface area contributed by atoms with E-state index in [1.54, 1.807) is 40.5 Å². The molecule has 4 aromatic rings. The molecule has 0 N–H and O–H groups in total. The average Bonchev–Trinajstić information content (AvgIpc) is 4.15. The number of carbonyl (C=O) groups excluding carboxylic acids is 6. The Balaban J connectivity index is 1.24. The number of rotatable bonds is 27. The maximum atomic E-state index is 13.5. The summed E-state index contributed by atoms with van der Waals surface area (Å²) >= 11 is 0. The third kappa shape index (κ3) is 16.5. The Morgan fingerprint density at radius 2 is 1.11 bits per heavy atom. The third-order valence-electron chi connectivity index (χ3n) is 11.8. The van der Waals surface area contributed by atoms with Crippen LogP contribution in [-0.2, 0) is 83.4 Å². The minimum Gasteiger partial charge on any atom is -0.468 e. The van der Waals surface area contributed by atoms with E-state index in [2.05, 4.69) is 4.90 Å². The molecule has 20 heteroatoms. The van der Waals surface area contributed by atoms with Crippen LogP contribution < -0.4 is 0 Å². The van der Waals surface area contributed by atoms with Crippen LogP contribution in [0.5, 0.6) is 0 Å². The van der Waals surface area contributed by atoms with E-state index in [-0.39, 0.29) is 57.2 Å². The maximum Gasteiger partial charge on any atom is 0.319 e. The van der Waals surface area contributed by atoms with E-state index in [4.69, 9.17) is 47.2 Å². The first-order chi connectivity index (χ1) is 34.1. The fraction of sp³-hybridized carbons (Fsp3) is 0.490. The summed E-state index contributed by atoms with van der Waals surface area (Å²) in [4.78, 5) is 92.9. The third-order valence-corrected chi connectivity index (χ3v) is 11.8. The van der Waals surface area contributed by atoms with Crippen molar-refractivity contribution in [3.63, 3.8) is 0 Å². The van der Waals surface area contributed by atoms with E-state index in [0.29, 0.717) is 79.9 Å². The van der Waals surface area contributed by atoms with Gasteiger partial charge in [0.2, 0.25) is 5.91 Å². The van der Waals surface area contributed by atoms with Crippen molar-refractivity contribution in [3.05, 3.63) is 96.0 Å². The molecule has 2 aliphatic rings. The van der Waals surface area contributed by atoms with Crippen molar-refractivity contribution >= 4 is 35.7 Å². The van der Waals surface area contributed by atoms with Gasteiger partial charge in [0.15, 0.2) is 5.79 Å². The number of nitrogens with zero attached hydrogens (tertiary/aromatic N) is 6. The molecule has 2 unspecified atom stereocenters. The topological polar surface area (TPSA) is 223 Å². The maximum absolute atomic E-state index is 13.5. The van der Waals surface area contributed by atoms with Gasteiger partial charge in [-0.05, 0) is 88.2 Å². The van der Waals surface area contributed by atoms with Crippen LogP contribution in [0.1, 0.15) is 68.7 Å². The van der Waals surface area contributed by atoms with Gasteiger partial charge < -0.3 is 37.3 Å². The highest BCUT2D eigenvalue weighted by atomic mass is 16.7. The molecular formula is C51H64N6O14. The van der Waals surface area contributed by atoms with Crippen molar-refractivity contribution in [3.8, 4) is 22.6 Å². The summed E-state index contributed by atoms with van der Waals surface area (Å²) in [6, 6.07) is 14.8. The first-order valence-corrected chi connectivity index (χ1v) is 23.5. The molecule has 0 aromatic carbocycles. The van der Waals surface area contributed by atoms with Crippen LogP contribution in [0, 0.1) is 5.92 Å². The van der Waals surface area contributed by atoms with Crippen molar-refractivity contribution in [1.82, 2.24) is 29.6 Å². The predicted octanol–water partition coefficient (Wildman–Crippen LogP) is 4.94. The quantitative estimate of drug-likeness (QED) is 0.0334. The Morgan fingerprint density at radius 3 is 1.52 bits per heavy atom. The molecule has 382 valence electrons. The van der Waals surface area contributed by atoms with Gasteiger partial charge in [-0.15, -0.1) is 0 Å². The Hall–Kier alpha value is -6.58. The molecule has 0 radical (unpaired) electrons. The molecule has 0 saturated carbocycles. The second-order valence-electron chi connectivity index (χ2n) is 17.8. The molecule has 1 fully saturated rings. The van der Waals surface area contributed by atoms with Gasteiger partial charge in [0.25, 0.3) is 5.91 Å². The van der Waals surface area contributed by atoms with Crippen molar-refractivity contribution in [2.45, 2.75) is 84.0 Å². The lowest BCUT2D eigenvalue weighted by molar-refractivity contribution is -0.150. The van der Waals surface area contributed by atoms with E-state index in [1.165, 1.54) is 39.4 Å². The largest absolute Gasteiger partial charge is 0.468 e. The smallest absolute Gasteiger partial charge is 0.319 e. The van der Waals surface area contributed by atoms with Crippen LogP contribution >= 0.6 is 0 Å². The van der Waals surface area contributed by atoms with E-state index >= 15 is 0 Å². The number of carbonyl (C=O) groups is 6. The Labute approximate surface area is 413 Å². The summed E-state index contributed by atoms with van der Waals surface area (Å²) in [7, 11) is 5.10. The Kier molecular flexibility index (Phi) is 19.7. The number of amides is 2. The van der Waals surface area contributed by atoms with Gasteiger partial charge in [0.1, 0.15) is 11.5 Å². The van der Waals surface area contributed by atoms with Crippen LogP contribution in [0.2, 0.25) is 0 Å². The summed E-state index contributed by atoms with van der Waals surface area (Å²) in [5.74, 6) is -2.71. The number of imide groups is 1. The van der Waals surface area contributed by atoms with Gasteiger partial charge in [0, 0.05) is 49.9 Å². The van der Waals surface area contributed by atoms with E-state index in [9.17, 15) is 28.8 Å².